The Hall–Kier alpha value is -2.15. The van der Waals surface area contributed by atoms with E-state index in [1.165, 1.54) is 23.9 Å². The van der Waals surface area contributed by atoms with Crippen LogP contribution in [0, 0.1) is 0 Å². The maximum Gasteiger partial charge on any atom is 0.279 e. The summed E-state index contributed by atoms with van der Waals surface area (Å²) in [5.74, 6) is -0.304. The molecule has 0 saturated carbocycles. The highest BCUT2D eigenvalue weighted by Crippen LogP contribution is 2.22. The lowest BCUT2D eigenvalue weighted by Gasteiger charge is -2.20. The molecule has 100 valence electrons. The van der Waals surface area contributed by atoms with Crippen molar-refractivity contribution < 1.29 is 14.0 Å². The fourth-order valence-corrected chi connectivity index (χ4v) is 1.99. The maximum atomic E-state index is 12.0. The van der Waals surface area contributed by atoms with Crippen LogP contribution in [0.2, 0.25) is 0 Å². The first kappa shape index (κ1) is 13.3. The molecule has 0 aliphatic heterocycles. The molecule has 2 aromatic heterocycles. The van der Waals surface area contributed by atoms with Crippen LogP contribution < -0.4 is 10.9 Å². The number of nitrogens with one attached hydrogen (secondary N) is 2. The van der Waals surface area contributed by atoms with Gasteiger partial charge in [0.2, 0.25) is 0 Å². The summed E-state index contributed by atoms with van der Waals surface area (Å²) in [4.78, 5) is 28.0. The van der Waals surface area contributed by atoms with Gasteiger partial charge in [0, 0.05) is 0 Å². The zero-order valence-corrected chi connectivity index (χ0v) is 11.3. The van der Waals surface area contributed by atoms with Gasteiger partial charge in [0.15, 0.2) is 6.39 Å². The van der Waals surface area contributed by atoms with Crippen molar-refractivity contribution in [2.45, 2.75) is 19.3 Å². The predicted octanol–water partition coefficient (Wildman–Crippen LogP) is 1.47. The summed E-state index contributed by atoms with van der Waals surface area (Å²) in [6, 6.07) is 3.44. The third-order valence-electron chi connectivity index (χ3n) is 2.65. The van der Waals surface area contributed by atoms with E-state index in [1.54, 1.807) is 31.4 Å². The van der Waals surface area contributed by atoms with Crippen LogP contribution in [0.3, 0.4) is 0 Å². The fraction of sp³-hybridized carbons (Fsp3) is 0.250. The summed E-state index contributed by atoms with van der Waals surface area (Å²) in [7, 11) is 0. The second kappa shape index (κ2) is 5.23. The molecule has 2 heterocycles. The number of hydrogen-bond acceptors (Lipinski definition) is 5. The zero-order valence-electron chi connectivity index (χ0n) is 10.5. The van der Waals surface area contributed by atoms with Crippen LogP contribution in [0.5, 0.6) is 0 Å². The van der Waals surface area contributed by atoms with Gasteiger partial charge in [-0.15, -0.1) is 11.3 Å². The molecule has 19 heavy (non-hydrogen) atoms. The van der Waals surface area contributed by atoms with Crippen molar-refractivity contribution in [3.8, 4) is 0 Å². The molecule has 2 N–H and O–H groups in total. The van der Waals surface area contributed by atoms with Crippen LogP contribution in [-0.4, -0.2) is 16.8 Å². The summed E-state index contributed by atoms with van der Waals surface area (Å²) in [5.41, 5.74) is 3.82. The molecule has 7 heteroatoms. The molecular weight excluding hydrogens is 266 g/mol. The standard InChI is InChI=1S/C12H13N3O3S/c1-12(2,9-6-13-7-18-9)11(17)15-14-10(16)8-4-3-5-19-8/h3-7H,1-2H3,(H,14,16)(H,15,17). The van der Waals surface area contributed by atoms with Crippen molar-refractivity contribution in [2.75, 3.05) is 0 Å². The van der Waals surface area contributed by atoms with Crippen LogP contribution in [0.15, 0.2) is 34.5 Å². The minimum atomic E-state index is -0.917. The molecular formula is C12H13N3O3S. The molecule has 0 bridgehead atoms. The molecule has 2 amide bonds. The van der Waals surface area contributed by atoms with Crippen LogP contribution in [0.25, 0.3) is 0 Å². The van der Waals surface area contributed by atoms with Gasteiger partial charge in [-0.05, 0) is 25.3 Å². The van der Waals surface area contributed by atoms with E-state index in [9.17, 15) is 9.59 Å². The molecule has 0 saturated heterocycles. The van der Waals surface area contributed by atoms with E-state index in [0.29, 0.717) is 10.6 Å². The molecule has 0 aliphatic rings. The molecule has 2 rings (SSSR count). The molecule has 0 unspecified atom stereocenters. The average Bonchev–Trinajstić information content (AvgIpc) is 3.06. The largest absolute Gasteiger partial charge is 0.447 e. The third-order valence-corrected chi connectivity index (χ3v) is 3.52. The molecule has 0 radical (unpaired) electrons. The zero-order chi connectivity index (χ0) is 13.9. The van der Waals surface area contributed by atoms with Crippen molar-refractivity contribution in [1.82, 2.24) is 15.8 Å². The van der Waals surface area contributed by atoms with Gasteiger partial charge in [0.1, 0.15) is 11.2 Å². The summed E-state index contributed by atoms with van der Waals surface area (Å²) in [5, 5.41) is 1.79. The number of amides is 2. The van der Waals surface area contributed by atoms with E-state index in [4.69, 9.17) is 4.42 Å². The minimum absolute atomic E-state index is 0.350. The van der Waals surface area contributed by atoms with Crippen LogP contribution in [0.4, 0.5) is 0 Å². The number of aromatic nitrogens is 1. The van der Waals surface area contributed by atoms with E-state index < -0.39 is 5.41 Å². The number of hydrogen-bond donors (Lipinski definition) is 2. The van der Waals surface area contributed by atoms with Gasteiger partial charge in [-0.25, -0.2) is 4.98 Å². The Morgan fingerprint density at radius 2 is 2.16 bits per heavy atom. The van der Waals surface area contributed by atoms with Crippen molar-refractivity contribution in [3.05, 3.63) is 40.7 Å². The number of carbonyl (C=O) groups excluding carboxylic acids is 2. The Bertz CT molecular complexity index is 561. The third kappa shape index (κ3) is 2.82. The molecule has 6 nitrogen and oxygen atoms in total. The predicted molar refractivity (Wildman–Crippen MR) is 69.5 cm³/mol. The van der Waals surface area contributed by atoms with Crippen molar-refractivity contribution in [1.29, 1.82) is 0 Å². The smallest absolute Gasteiger partial charge is 0.279 e. The minimum Gasteiger partial charge on any atom is -0.447 e. The van der Waals surface area contributed by atoms with E-state index in [-0.39, 0.29) is 11.8 Å². The number of nitrogens with zero attached hydrogens (tertiary/aromatic N) is 1. The molecule has 0 atom stereocenters. The average molecular weight is 279 g/mol. The Morgan fingerprint density at radius 1 is 1.37 bits per heavy atom. The number of rotatable bonds is 3. The molecule has 0 aliphatic carbocycles. The number of hydrazine groups is 1. The topological polar surface area (TPSA) is 84.2 Å². The monoisotopic (exact) mass is 279 g/mol. The second-order valence-corrected chi connectivity index (χ2v) is 5.32. The highest BCUT2D eigenvalue weighted by Gasteiger charge is 2.33. The fourth-order valence-electron chi connectivity index (χ4n) is 1.38. The Kier molecular flexibility index (Phi) is 3.66. The number of carbonyl (C=O) groups is 2. The first-order chi connectivity index (χ1) is 9.01. The lowest BCUT2D eigenvalue weighted by molar-refractivity contribution is -0.127. The summed E-state index contributed by atoms with van der Waals surface area (Å²) >= 11 is 1.30. The van der Waals surface area contributed by atoms with Gasteiger partial charge < -0.3 is 4.42 Å². The molecule has 0 aromatic carbocycles. The van der Waals surface area contributed by atoms with Gasteiger partial charge in [-0.2, -0.15) is 0 Å². The van der Waals surface area contributed by atoms with Crippen LogP contribution >= 0.6 is 11.3 Å². The van der Waals surface area contributed by atoms with E-state index in [0.717, 1.165) is 0 Å². The van der Waals surface area contributed by atoms with Crippen molar-refractivity contribution in [3.63, 3.8) is 0 Å². The highest BCUT2D eigenvalue weighted by molar-refractivity contribution is 7.12. The van der Waals surface area contributed by atoms with Gasteiger partial charge in [-0.3, -0.25) is 20.4 Å². The van der Waals surface area contributed by atoms with Crippen LogP contribution in [0.1, 0.15) is 29.3 Å². The van der Waals surface area contributed by atoms with Crippen LogP contribution in [-0.2, 0) is 10.2 Å². The number of oxazole rings is 1. The maximum absolute atomic E-state index is 12.0. The van der Waals surface area contributed by atoms with Crippen molar-refractivity contribution >= 4 is 23.2 Å². The van der Waals surface area contributed by atoms with Gasteiger partial charge in [0.25, 0.3) is 11.8 Å². The lowest BCUT2D eigenvalue weighted by Crippen LogP contribution is -2.49. The van der Waals surface area contributed by atoms with E-state index in [2.05, 4.69) is 15.8 Å². The first-order valence-corrected chi connectivity index (χ1v) is 6.43. The second-order valence-electron chi connectivity index (χ2n) is 4.38. The summed E-state index contributed by atoms with van der Waals surface area (Å²) < 4.78 is 5.12. The number of thiophene rings is 1. The Balaban J connectivity index is 1.96. The lowest BCUT2D eigenvalue weighted by atomic mass is 9.90. The van der Waals surface area contributed by atoms with Gasteiger partial charge >= 0.3 is 0 Å². The van der Waals surface area contributed by atoms with Gasteiger partial charge in [-0.1, -0.05) is 6.07 Å². The summed E-state index contributed by atoms with van der Waals surface area (Å²) in [6.07, 6.45) is 2.73. The van der Waals surface area contributed by atoms with Gasteiger partial charge in [0.05, 0.1) is 11.1 Å². The van der Waals surface area contributed by atoms with E-state index in [1.807, 2.05) is 0 Å². The Labute approximate surface area is 113 Å². The molecule has 0 fully saturated rings. The SMILES string of the molecule is CC(C)(C(=O)NNC(=O)c1cccs1)c1cnco1. The highest BCUT2D eigenvalue weighted by atomic mass is 32.1. The first-order valence-electron chi connectivity index (χ1n) is 5.55. The van der Waals surface area contributed by atoms with E-state index >= 15 is 0 Å². The molecule has 2 aromatic rings. The Morgan fingerprint density at radius 3 is 2.74 bits per heavy atom. The molecule has 0 spiro atoms. The summed E-state index contributed by atoms with van der Waals surface area (Å²) in [6.45, 7) is 3.36. The normalized spacial score (nSPS) is 11.1. The van der Waals surface area contributed by atoms with Crippen molar-refractivity contribution in [2.24, 2.45) is 0 Å². The quantitative estimate of drug-likeness (QED) is 0.833.